The average molecular weight is 384 g/mol. The molecule has 0 aliphatic carbocycles. The Morgan fingerprint density at radius 1 is 1.04 bits per heavy atom. The van der Waals surface area contributed by atoms with Crippen LogP contribution < -0.4 is 4.74 Å². The molecule has 2 aromatic carbocycles. The van der Waals surface area contributed by atoms with Gasteiger partial charge in [0.15, 0.2) is 0 Å². The number of aromatic nitrogens is 1. The minimum atomic E-state index is -1.29. The Hall–Kier alpha value is -3.18. The number of aliphatic carboxylic acids is 1. The van der Waals surface area contributed by atoms with Gasteiger partial charge in [0, 0.05) is 23.4 Å². The van der Waals surface area contributed by atoms with E-state index in [2.05, 4.69) is 4.98 Å². The molecule has 4 nitrogen and oxygen atoms in total. The van der Waals surface area contributed by atoms with E-state index >= 15 is 0 Å². The smallest absolute Gasteiger partial charge is 0.372 e. The standard InChI is InChI=1S/C21H15ClFNO3/c1-13-10-17(12-18(22)24-13)27-20(21(25)26)19(14-6-3-2-4-7-14)15-8-5-9-16(23)11-15/h2-12H,1H3,(H,25,26)/b20-19+. The van der Waals surface area contributed by atoms with E-state index in [4.69, 9.17) is 16.3 Å². The molecule has 1 heterocycles. The van der Waals surface area contributed by atoms with E-state index in [1.54, 1.807) is 49.4 Å². The molecule has 0 aliphatic heterocycles. The van der Waals surface area contributed by atoms with Crippen molar-refractivity contribution < 1.29 is 19.0 Å². The van der Waals surface area contributed by atoms with Gasteiger partial charge in [-0.2, -0.15) is 0 Å². The summed E-state index contributed by atoms with van der Waals surface area (Å²) in [4.78, 5) is 16.1. The largest absolute Gasteiger partial charge is 0.475 e. The lowest BCUT2D eigenvalue weighted by molar-refractivity contribution is -0.134. The van der Waals surface area contributed by atoms with Crippen molar-refractivity contribution in [3.05, 3.63) is 100 Å². The van der Waals surface area contributed by atoms with E-state index < -0.39 is 11.8 Å². The Kier molecular flexibility index (Phi) is 5.52. The number of carboxylic acid groups (broad SMARTS) is 1. The summed E-state index contributed by atoms with van der Waals surface area (Å²) in [6.07, 6.45) is 0. The third-order valence-electron chi connectivity index (χ3n) is 3.71. The molecule has 0 saturated heterocycles. The minimum absolute atomic E-state index is 0.182. The highest BCUT2D eigenvalue weighted by molar-refractivity contribution is 6.29. The Balaban J connectivity index is 2.23. The first-order valence-electron chi connectivity index (χ1n) is 8.05. The fraction of sp³-hybridized carbons (Fsp3) is 0.0476. The van der Waals surface area contributed by atoms with Gasteiger partial charge in [-0.05, 0) is 30.2 Å². The number of pyridine rings is 1. The van der Waals surface area contributed by atoms with Gasteiger partial charge in [0.1, 0.15) is 16.7 Å². The van der Waals surface area contributed by atoms with Crippen molar-refractivity contribution in [1.29, 1.82) is 0 Å². The summed E-state index contributed by atoms with van der Waals surface area (Å²) in [6.45, 7) is 1.72. The Morgan fingerprint density at radius 3 is 2.37 bits per heavy atom. The number of ether oxygens (including phenoxy) is 1. The first kappa shape index (κ1) is 18.6. The van der Waals surface area contributed by atoms with Gasteiger partial charge in [0.25, 0.3) is 0 Å². The van der Waals surface area contributed by atoms with Gasteiger partial charge in [0.05, 0.1) is 0 Å². The summed E-state index contributed by atoms with van der Waals surface area (Å²) in [5, 5.41) is 9.99. The van der Waals surface area contributed by atoms with Gasteiger partial charge in [-0.1, -0.05) is 54.1 Å². The Bertz CT molecular complexity index is 999. The van der Waals surface area contributed by atoms with Crippen LogP contribution in [0.15, 0.2) is 72.5 Å². The molecule has 0 bridgehead atoms. The summed E-state index contributed by atoms with van der Waals surface area (Å²) in [6, 6.07) is 17.5. The van der Waals surface area contributed by atoms with Crippen LogP contribution in [0.3, 0.4) is 0 Å². The van der Waals surface area contributed by atoms with E-state index in [9.17, 15) is 14.3 Å². The van der Waals surface area contributed by atoms with Crippen molar-refractivity contribution in [2.24, 2.45) is 0 Å². The first-order chi connectivity index (χ1) is 12.9. The van der Waals surface area contributed by atoms with E-state index in [-0.39, 0.29) is 22.2 Å². The second-order valence-corrected chi connectivity index (χ2v) is 6.14. The molecule has 0 spiro atoms. The zero-order valence-electron chi connectivity index (χ0n) is 14.3. The van der Waals surface area contributed by atoms with Crippen LogP contribution in [-0.4, -0.2) is 16.1 Å². The molecule has 3 aromatic rings. The van der Waals surface area contributed by atoms with Crippen LogP contribution in [0.2, 0.25) is 5.15 Å². The van der Waals surface area contributed by atoms with Crippen LogP contribution in [-0.2, 0) is 4.79 Å². The molecular formula is C21H15ClFNO3. The molecule has 0 unspecified atom stereocenters. The molecule has 6 heteroatoms. The van der Waals surface area contributed by atoms with Crippen LogP contribution in [0.5, 0.6) is 5.75 Å². The molecule has 3 rings (SSSR count). The zero-order valence-corrected chi connectivity index (χ0v) is 15.1. The number of carbonyl (C=O) groups is 1. The molecule has 0 fully saturated rings. The van der Waals surface area contributed by atoms with E-state index in [1.165, 1.54) is 24.3 Å². The lowest BCUT2D eigenvalue weighted by Gasteiger charge is -2.15. The number of aryl methyl sites for hydroxylation is 1. The predicted molar refractivity (Wildman–Crippen MR) is 101 cm³/mol. The number of benzene rings is 2. The van der Waals surface area contributed by atoms with Gasteiger partial charge < -0.3 is 9.84 Å². The van der Waals surface area contributed by atoms with Crippen LogP contribution in [0.25, 0.3) is 5.57 Å². The average Bonchev–Trinajstić information content (AvgIpc) is 2.61. The molecule has 1 aromatic heterocycles. The second-order valence-electron chi connectivity index (χ2n) is 5.75. The molecule has 0 amide bonds. The van der Waals surface area contributed by atoms with Gasteiger partial charge in [-0.25, -0.2) is 14.2 Å². The van der Waals surface area contributed by atoms with Crippen molar-refractivity contribution >= 4 is 23.1 Å². The lowest BCUT2D eigenvalue weighted by atomic mass is 9.96. The SMILES string of the molecule is Cc1cc(O/C(C(=O)O)=C(\c2ccccc2)c2cccc(F)c2)cc(Cl)n1. The number of carboxylic acids is 1. The topological polar surface area (TPSA) is 59.4 Å². The lowest BCUT2D eigenvalue weighted by Crippen LogP contribution is -2.12. The molecule has 1 N–H and O–H groups in total. The first-order valence-corrected chi connectivity index (χ1v) is 8.43. The van der Waals surface area contributed by atoms with Crippen LogP contribution in [0.4, 0.5) is 4.39 Å². The number of hydrogen-bond acceptors (Lipinski definition) is 3. The monoisotopic (exact) mass is 383 g/mol. The maximum Gasteiger partial charge on any atom is 0.372 e. The van der Waals surface area contributed by atoms with Gasteiger partial charge in [0.2, 0.25) is 5.76 Å². The highest BCUT2D eigenvalue weighted by Crippen LogP contribution is 2.30. The maximum atomic E-state index is 13.8. The highest BCUT2D eigenvalue weighted by Gasteiger charge is 2.21. The maximum absolute atomic E-state index is 13.8. The normalized spacial score (nSPS) is 11.7. The van der Waals surface area contributed by atoms with Crippen molar-refractivity contribution in [1.82, 2.24) is 4.98 Å². The quantitative estimate of drug-likeness (QED) is 0.378. The third kappa shape index (κ3) is 4.51. The summed E-state index contributed by atoms with van der Waals surface area (Å²) < 4.78 is 19.5. The molecule has 0 atom stereocenters. The summed E-state index contributed by atoms with van der Waals surface area (Å²) in [7, 11) is 0. The molecule has 0 aliphatic rings. The molecular weight excluding hydrogens is 369 g/mol. The summed E-state index contributed by atoms with van der Waals surface area (Å²) in [5.74, 6) is -1.87. The fourth-order valence-corrected chi connectivity index (χ4v) is 2.89. The second kappa shape index (κ2) is 8.01. The number of halogens is 2. The van der Waals surface area contributed by atoms with Crippen LogP contribution in [0, 0.1) is 12.7 Å². The Labute approximate surface area is 160 Å². The number of rotatable bonds is 5. The minimum Gasteiger partial charge on any atom is -0.475 e. The van der Waals surface area contributed by atoms with Gasteiger partial charge in [-0.15, -0.1) is 0 Å². The highest BCUT2D eigenvalue weighted by atomic mass is 35.5. The third-order valence-corrected chi connectivity index (χ3v) is 3.91. The molecule has 0 saturated carbocycles. The van der Waals surface area contributed by atoms with E-state index in [0.717, 1.165) is 0 Å². The molecule has 136 valence electrons. The van der Waals surface area contributed by atoms with Crippen molar-refractivity contribution in [2.45, 2.75) is 6.92 Å². The predicted octanol–water partition coefficient (Wildman–Crippen LogP) is 5.11. The van der Waals surface area contributed by atoms with E-state index in [1.807, 2.05) is 0 Å². The van der Waals surface area contributed by atoms with Gasteiger partial charge in [-0.3, -0.25) is 0 Å². The van der Waals surface area contributed by atoms with Gasteiger partial charge >= 0.3 is 5.97 Å². The van der Waals surface area contributed by atoms with Crippen LogP contribution >= 0.6 is 11.6 Å². The summed E-state index contributed by atoms with van der Waals surface area (Å²) in [5.41, 5.74) is 1.80. The molecule has 0 radical (unpaired) electrons. The number of hydrogen-bond donors (Lipinski definition) is 1. The fourth-order valence-electron chi connectivity index (χ4n) is 2.65. The summed E-state index contributed by atoms with van der Waals surface area (Å²) >= 11 is 5.94. The Morgan fingerprint density at radius 2 is 1.74 bits per heavy atom. The number of nitrogens with zero attached hydrogens (tertiary/aromatic N) is 1. The van der Waals surface area contributed by atoms with E-state index in [0.29, 0.717) is 16.8 Å². The van der Waals surface area contributed by atoms with Crippen molar-refractivity contribution in [3.63, 3.8) is 0 Å². The molecule has 27 heavy (non-hydrogen) atoms. The van der Waals surface area contributed by atoms with Crippen molar-refractivity contribution in [2.75, 3.05) is 0 Å². The zero-order chi connectivity index (χ0) is 19.4. The van der Waals surface area contributed by atoms with Crippen LogP contribution in [0.1, 0.15) is 16.8 Å². The van der Waals surface area contributed by atoms with Crippen molar-refractivity contribution in [3.8, 4) is 5.75 Å².